The fourth-order valence-electron chi connectivity index (χ4n) is 2.97. The average Bonchev–Trinajstić information content (AvgIpc) is 2.63. The average molecular weight is 419 g/mol. The molecule has 0 radical (unpaired) electrons. The summed E-state index contributed by atoms with van der Waals surface area (Å²) in [7, 11) is 0. The van der Waals surface area contributed by atoms with E-state index in [1.54, 1.807) is 52.0 Å². The van der Waals surface area contributed by atoms with Gasteiger partial charge in [0.2, 0.25) is 0 Å². The molecule has 0 aliphatic carbocycles. The lowest BCUT2D eigenvalue weighted by molar-refractivity contribution is -0.150. The van der Waals surface area contributed by atoms with Gasteiger partial charge >= 0.3 is 12.1 Å². The quantitative estimate of drug-likeness (QED) is 0.674. The van der Waals surface area contributed by atoms with Crippen molar-refractivity contribution in [1.29, 1.82) is 0 Å². The number of alkyl carbamates (subject to hydrolysis) is 1. The maximum atomic E-state index is 13.4. The lowest BCUT2D eigenvalue weighted by Gasteiger charge is -2.27. The van der Waals surface area contributed by atoms with Gasteiger partial charge in [0.1, 0.15) is 29.4 Å². The predicted octanol–water partition coefficient (Wildman–Crippen LogP) is 4.94. The van der Waals surface area contributed by atoms with Crippen LogP contribution in [0.2, 0.25) is 0 Å². The van der Waals surface area contributed by atoms with Gasteiger partial charge in [-0.15, -0.1) is 0 Å². The zero-order valence-corrected chi connectivity index (χ0v) is 17.7. The van der Waals surface area contributed by atoms with Gasteiger partial charge in [0.15, 0.2) is 0 Å². The van der Waals surface area contributed by atoms with Crippen LogP contribution in [-0.2, 0) is 14.3 Å². The van der Waals surface area contributed by atoms with Gasteiger partial charge in [-0.2, -0.15) is 0 Å². The van der Waals surface area contributed by atoms with Crippen molar-refractivity contribution in [1.82, 2.24) is 5.32 Å². The largest absolute Gasteiger partial charge is 0.460 e. The number of hydrogen-bond donors (Lipinski definition) is 1. The summed E-state index contributed by atoms with van der Waals surface area (Å²) in [4.78, 5) is 24.4. The van der Waals surface area contributed by atoms with E-state index in [4.69, 9.17) is 9.47 Å². The molecule has 30 heavy (non-hydrogen) atoms. The topological polar surface area (TPSA) is 64.6 Å². The van der Waals surface area contributed by atoms with Crippen LogP contribution in [0.5, 0.6) is 0 Å². The molecule has 5 nitrogen and oxygen atoms in total. The molecule has 162 valence electrons. The number of halogens is 2. The van der Waals surface area contributed by atoms with Crippen LogP contribution >= 0.6 is 0 Å². The Morgan fingerprint density at radius 1 is 0.867 bits per heavy atom. The summed E-state index contributed by atoms with van der Waals surface area (Å²) in [6, 6.07) is 10.7. The summed E-state index contributed by atoms with van der Waals surface area (Å²) < 4.78 is 37.5. The Morgan fingerprint density at radius 3 is 1.70 bits per heavy atom. The molecular weight excluding hydrogens is 392 g/mol. The van der Waals surface area contributed by atoms with Crippen LogP contribution in [0.4, 0.5) is 13.6 Å². The third-order valence-corrected chi connectivity index (χ3v) is 4.32. The summed E-state index contributed by atoms with van der Waals surface area (Å²) in [5, 5.41) is 2.44. The molecule has 2 rings (SSSR count). The number of nitrogens with one attached hydrogen (secondary N) is 1. The molecule has 0 saturated heterocycles. The van der Waals surface area contributed by atoms with Crippen molar-refractivity contribution in [2.75, 3.05) is 0 Å². The Labute approximate surface area is 175 Å². The first-order valence-electron chi connectivity index (χ1n) is 9.67. The molecule has 7 heteroatoms. The molecule has 0 aliphatic rings. The molecule has 0 unspecified atom stereocenters. The van der Waals surface area contributed by atoms with Crippen molar-refractivity contribution in [3.8, 4) is 0 Å². The molecule has 2 aromatic carbocycles. The van der Waals surface area contributed by atoms with Crippen molar-refractivity contribution >= 4 is 12.1 Å². The molecule has 0 spiro atoms. The first kappa shape index (κ1) is 23.3. The monoisotopic (exact) mass is 419 g/mol. The zero-order chi connectivity index (χ0) is 22.5. The molecule has 0 aliphatic heterocycles. The number of benzene rings is 2. The Bertz CT molecular complexity index is 815. The number of ether oxygens (including phenoxy) is 2. The minimum absolute atomic E-state index is 0.392. The normalized spacial score (nSPS) is 13.5. The minimum atomic E-state index is -0.940. The molecule has 0 saturated carbocycles. The van der Waals surface area contributed by atoms with Gasteiger partial charge in [-0.1, -0.05) is 24.3 Å². The third kappa shape index (κ3) is 6.83. The highest BCUT2D eigenvalue weighted by Crippen LogP contribution is 2.30. The standard InChI is InChI=1S/C23H27F2NO4/c1-14(26-22(28)30-23(3,4)5)21(27)29-15(2)20(16-6-10-18(24)11-7-16)17-8-12-19(25)13-9-17/h6-15,20H,1-5H3,(H,26,28)/t14-,15+/m0/s1. The van der Waals surface area contributed by atoms with Gasteiger partial charge < -0.3 is 14.8 Å². The molecule has 0 aromatic heterocycles. The summed E-state index contributed by atoms with van der Waals surface area (Å²) in [6.07, 6.45) is -1.40. The fourth-order valence-corrected chi connectivity index (χ4v) is 2.97. The molecule has 1 amide bonds. The maximum absolute atomic E-state index is 13.4. The van der Waals surface area contributed by atoms with Crippen LogP contribution < -0.4 is 5.32 Å². The number of amides is 1. The summed E-state index contributed by atoms with van der Waals surface area (Å²) in [6.45, 7) is 8.33. The van der Waals surface area contributed by atoms with Crippen molar-refractivity contribution in [3.63, 3.8) is 0 Å². The molecule has 0 heterocycles. The maximum Gasteiger partial charge on any atom is 0.408 e. The zero-order valence-electron chi connectivity index (χ0n) is 17.7. The van der Waals surface area contributed by atoms with E-state index in [0.29, 0.717) is 11.1 Å². The highest BCUT2D eigenvalue weighted by atomic mass is 19.1. The van der Waals surface area contributed by atoms with Crippen LogP contribution in [0.15, 0.2) is 48.5 Å². The van der Waals surface area contributed by atoms with E-state index in [1.165, 1.54) is 31.2 Å². The number of carbonyl (C=O) groups is 2. The second kappa shape index (κ2) is 9.69. The molecule has 1 N–H and O–H groups in total. The van der Waals surface area contributed by atoms with Gasteiger partial charge in [0.05, 0.1) is 0 Å². The van der Waals surface area contributed by atoms with Crippen LogP contribution in [0.1, 0.15) is 51.7 Å². The van der Waals surface area contributed by atoms with Gasteiger partial charge in [0.25, 0.3) is 0 Å². The van der Waals surface area contributed by atoms with Gasteiger partial charge in [-0.25, -0.2) is 18.4 Å². The molecule has 0 fully saturated rings. The molecular formula is C23H27F2NO4. The number of hydrogen-bond acceptors (Lipinski definition) is 4. The van der Waals surface area contributed by atoms with E-state index in [0.717, 1.165) is 0 Å². The van der Waals surface area contributed by atoms with Crippen LogP contribution in [0, 0.1) is 11.6 Å². The van der Waals surface area contributed by atoms with Gasteiger partial charge in [0, 0.05) is 5.92 Å². The van der Waals surface area contributed by atoms with Crippen molar-refractivity contribution in [3.05, 3.63) is 71.3 Å². The number of carbonyl (C=O) groups excluding carboxylic acids is 2. The molecule has 0 bridgehead atoms. The highest BCUT2D eigenvalue weighted by molar-refractivity contribution is 5.81. The molecule has 2 aromatic rings. The Balaban J connectivity index is 2.16. The lowest BCUT2D eigenvalue weighted by atomic mass is 9.87. The van der Waals surface area contributed by atoms with Crippen LogP contribution in [0.3, 0.4) is 0 Å². The number of esters is 1. The Morgan fingerprint density at radius 2 is 1.30 bits per heavy atom. The van der Waals surface area contributed by atoms with Gasteiger partial charge in [-0.3, -0.25) is 0 Å². The van der Waals surface area contributed by atoms with Crippen LogP contribution in [0.25, 0.3) is 0 Å². The van der Waals surface area contributed by atoms with E-state index < -0.39 is 47.4 Å². The first-order valence-corrected chi connectivity index (χ1v) is 9.67. The Hall–Kier alpha value is -2.96. The van der Waals surface area contributed by atoms with Crippen LogP contribution in [-0.4, -0.2) is 29.8 Å². The highest BCUT2D eigenvalue weighted by Gasteiger charge is 2.28. The van der Waals surface area contributed by atoms with Gasteiger partial charge in [-0.05, 0) is 70.0 Å². The molecule has 2 atom stereocenters. The lowest BCUT2D eigenvalue weighted by Crippen LogP contribution is -2.43. The first-order chi connectivity index (χ1) is 14.0. The third-order valence-electron chi connectivity index (χ3n) is 4.32. The smallest absolute Gasteiger partial charge is 0.408 e. The van der Waals surface area contributed by atoms with E-state index in [2.05, 4.69) is 5.32 Å². The number of rotatable bonds is 6. The summed E-state index contributed by atoms with van der Waals surface area (Å²) in [5.41, 5.74) is 0.712. The van der Waals surface area contributed by atoms with Crippen molar-refractivity contribution < 1.29 is 27.8 Å². The minimum Gasteiger partial charge on any atom is -0.460 e. The van der Waals surface area contributed by atoms with E-state index >= 15 is 0 Å². The van der Waals surface area contributed by atoms with Crippen molar-refractivity contribution in [2.45, 2.75) is 58.3 Å². The predicted molar refractivity (Wildman–Crippen MR) is 109 cm³/mol. The second-order valence-electron chi connectivity index (χ2n) is 8.09. The Kier molecular flexibility index (Phi) is 7.54. The second-order valence-corrected chi connectivity index (χ2v) is 8.09. The SMILES string of the molecule is C[C@H](NC(=O)OC(C)(C)C)C(=O)O[C@H](C)C(c1ccc(F)cc1)c1ccc(F)cc1. The van der Waals surface area contributed by atoms with E-state index in [1.807, 2.05) is 0 Å². The van der Waals surface area contributed by atoms with E-state index in [9.17, 15) is 18.4 Å². The summed E-state index contributed by atoms with van der Waals surface area (Å²) in [5.74, 6) is -1.89. The van der Waals surface area contributed by atoms with Crippen molar-refractivity contribution in [2.24, 2.45) is 0 Å². The van der Waals surface area contributed by atoms with E-state index in [-0.39, 0.29) is 0 Å². The summed E-state index contributed by atoms with van der Waals surface area (Å²) >= 11 is 0. The fraction of sp³-hybridized carbons (Fsp3) is 0.391.